The lowest BCUT2D eigenvalue weighted by molar-refractivity contribution is -0.117. The molecule has 0 aliphatic carbocycles. The van der Waals surface area contributed by atoms with Crippen LogP contribution >= 0.6 is 11.6 Å². The summed E-state index contributed by atoms with van der Waals surface area (Å²) in [4.78, 5) is 12.1. The number of carbonyl (C=O) groups is 1. The van der Waals surface area contributed by atoms with Crippen LogP contribution in [0, 0.1) is 19.7 Å². The van der Waals surface area contributed by atoms with E-state index in [0.717, 1.165) is 22.5 Å². The highest BCUT2D eigenvalue weighted by Gasteiger charge is 2.14. The Balaban J connectivity index is 2.11. The number of hydrogen-bond acceptors (Lipinski definition) is 2. The second-order valence-corrected chi connectivity index (χ2v) is 5.32. The molecule has 0 aliphatic rings. The number of carbonyl (C=O) groups excluding carboxylic acids is 1. The molecule has 106 valence electrons. The molecule has 1 aromatic heterocycles. The molecule has 2 rings (SSSR count). The van der Waals surface area contributed by atoms with Crippen LogP contribution < -0.4 is 0 Å². The first kappa shape index (κ1) is 14.7. The van der Waals surface area contributed by atoms with Gasteiger partial charge in [0.1, 0.15) is 11.6 Å². The summed E-state index contributed by atoms with van der Waals surface area (Å²) in [6, 6.07) is 4.37. The van der Waals surface area contributed by atoms with Crippen molar-refractivity contribution in [3.05, 3.63) is 51.6 Å². The summed E-state index contributed by atoms with van der Waals surface area (Å²) in [7, 11) is 1.86. The van der Waals surface area contributed by atoms with Gasteiger partial charge in [-0.1, -0.05) is 17.7 Å². The van der Waals surface area contributed by atoms with E-state index in [1.165, 1.54) is 12.1 Å². The molecule has 0 N–H and O–H groups in total. The number of halogens is 2. The van der Waals surface area contributed by atoms with E-state index < -0.39 is 5.82 Å². The van der Waals surface area contributed by atoms with E-state index in [1.54, 1.807) is 10.7 Å². The van der Waals surface area contributed by atoms with Crippen molar-refractivity contribution in [3.8, 4) is 0 Å². The van der Waals surface area contributed by atoms with Gasteiger partial charge in [-0.25, -0.2) is 4.39 Å². The lowest BCUT2D eigenvalue weighted by atomic mass is 10.0. The maximum atomic E-state index is 13.1. The second-order valence-electron chi connectivity index (χ2n) is 4.91. The number of hydrogen-bond donors (Lipinski definition) is 0. The van der Waals surface area contributed by atoms with Crippen LogP contribution in [0.25, 0.3) is 0 Å². The van der Waals surface area contributed by atoms with Gasteiger partial charge in [0.05, 0.1) is 10.7 Å². The van der Waals surface area contributed by atoms with Gasteiger partial charge in [-0.05, 0) is 31.5 Å². The first-order valence-corrected chi connectivity index (χ1v) is 6.71. The summed E-state index contributed by atoms with van der Waals surface area (Å²) in [5, 5.41) is 4.34. The number of ketones is 1. The van der Waals surface area contributed by atoms with Crippen molar-refractivity contribution in [1.82, 2.24) is 9.78 Å². The van der Waals surface area contributed by atoms with E-state index in [2.05, 4.69) is 5.10 Å². The number of Topliss-reactive ketones (excluding diaryl/α,β-unsaturated/α-hetero) is 1. The Morgan fingerprint density at radius 3 is 2.60 bits per heavy atom. The standard InChI is InChI=1S/C15H16ClFN2O/c1-9-13(10(2)19(3)18-9)8-12(20)6-11-4-5-15(17)14(16)7-11/h4-5,7H,6,8H2,1-3H3. The minimum atomic E-state index is -0.471. The molecule has 1 aromatic carbocycles. The Morgan fingerprint density at radius 2 is 2.05 bits per heavy atom. The van der Waals surface area contributed by atoms with Crippen LogP contribution in [0.15, 0.2) is 18.2 Å². The van der Waals surface area contributed by atoms with Gasteiger partial charge in [0.25, 0.3) is 0 Å². The average Bonchev–Trinajstić information content (AvgIpc) is 2.61. The summed E-state index contributed by atoms with van der Waals surface area (Å²) in [6.45, 7) is 3.84. The fourth-order valence-electron chi connectivity index (χ4n) is 2.21. The van der Waals surface area contributed by atoms with Gasteiger partial charge < -0.3 is 0 Å². The van der Waals surface area contributed by atoms with Gasteiger partial charge in [0.2, 0.25) is 0 Å². The number of rotatable bonds is 4. The zero-order valence-corrected chi connectivity index (χ0v) is 12.5. The number of aryl methyl sites for hydroxylation is 2. The number of nitrogens with zero attached hydrogens (tertiary/aromatic N) is 2. The maximum absolute atomic E-state index is 13.1. The van der Waals surface area contributed by atoms with E-state index in [4.69, 9.17) is 11.6 Å². The Bertz CT molecular complexity index is 664. The van der Waals surface area contributed by atoms with E-state index >= 15 is 0 Å². The van der Waals surface area contributed by atoms with Crippen molar-refractivity contribution in [2.24, 2.45) is 7.05 Å². The maximum Gasteiger partial charge on any atom is 0.141 e. The normalized spacial score (nSPS) is 10.8. The number of aromatic nitrogens is 2. The third-order valence-electron chi connectivity index (χ3n) is 3.42. The topological polar surface area (TPSA) is 34.9 Å². The lowest BCUT2D eigenvalue weighted by Gasteiger charge is -2.04. The summed E-state index contributed by atoms with van der Waals surface area (Å²) in [5.41, 5.74) is 3.55. The molecule has 0 radical (unpaired) electrons. The zero-order chi connectivity index (χ0) is 14.9. The van der Waals surface area contributed by atoms with Crippen molar-refractivity contribution in [3.63, 3.8) is 0 Å². The molecule has 0 unspecified atom stereocenters. The van der Waals surface area contributed by atoms with Crippen LogP contribution in [-0.2, 0) is 24.7 Å². The second kappa shape index (κ2) is 5.75. The van der Waals surface area contributed by atoms with Crippen molar-refractivity contribution in [2.45, 2.75) is 26.7 Å². The molecule has 0 fully saturated rings. The monoisotopic (exact) mass is 294 g/mol. The van der Waals surface area contributed by atoms with Gasteiger partial charge in [0, 0.05) is 31.1 Å². The minimum Gasteiger partial charge on any atom is -0.299 e. The van der Waals surface area contributed by atoms with Gasteiger partial charge in [-0.2, -0.15) is 5.10 Å². The molecule has 0 atom stereocenters. The predicted molar refractivity (Wildman–Crippen MR) is 76.5 cm³/mol. The molecule has 3 nitrogen and oxygen atoms in total. The Labute approximate surface area is 122 Å². The number of benzene rings is 1. The first-order valence-electron chi connectivity index (χ1n) is 6.33. The van der Waals surface area contributed by atoms with Crippen molar-refractivity contribution < 1.29 is 9.18 Å². The Morgan fingerprint density at radius 1 is 1.35 bits per heavy atom. The summed E-state index contributed by atoms with van der Waals surface area (Å²) >= 11 is 5.71. The molecule has 0 spiro atoms. The van der Waals surface area contributed by atoms with Crippen LogP contribution in [0.2, 0.25) is 5.02 Å². The SMILES string of the molecule is Cc1nn(C)c(C)c1CC(=O)Cc1ccc(F)c(Cl)c1. The summed E-state index contributed by atoms with van der Waals surface area (Å²) in [6.07, 6.45) is 0.578. The fourth-order valence-corrected chi connectivity index (χ4v) is 2.41. The van der Waals surface area contributed by atoms with Crippen LogP contribution in [0.5, 0.6) is 0 Å². The van der Waals surface area contributed by atoms with E-state index in [-0.39, 0.29) is 17.2 Å². The Kier molecular flexibility index (Phi) is 4.23. The molecule has 2 aromatic rings. The van der Waals surface area contributed by atoms with Crippen molar-refractivity contribution in [1.29, 1.82) is 0 Å². The van der Waals surface area contributed by atoms with Gasteiger partial charge in [-0.15, -0.1) is 0 Å². The van der Waals surface area contributed by atoms with Crippen molar-refractivity contribution in [2.75, 3.05) is 0 Å². The molecule has 0 bridgehead atoms. The van der Waals surface area contributed by atoms with E-state index in [0.29, 0.717) is 6.42 Å². The highest BCUT2D eigenvalue weighted by atomic mass is 35.5. The van der Waals surface area contributed by atoms with Gasteiger partial charge in [-0.3, -0.25) is 9.48 Å². The zero-order valence-electron chi connectivity index (χ0n) is 11.7. The summed E-state index contributed by atoms with van der Waals surface area (Å²) in [5.74, 6) is -0.409. The molecule has 5 heteroatoms. The van der Waals surface area contributed by atoms with Crippen LogP contribution in [0.1, 0.15) is 22.5 Å². The average molecular weight is 295 g/mol. The molecule has 0 aliphatic heterocycles. The van der Waals surface area contributed by atoms with Gasteiger partial charge >= 0.3 is 0 Å². The molecule has 0 saturated heterocycles. The first-order chi connectivity index (χ1) is 9.38. The lowest BCUT2D eigenvalue weighted by Crippen LogP contribution is -2.08. The summed E-state index contributed by atoms with van der Waals surface area (Å²) < 4.78 is 14.8. The van der Waals surface area contributed by atoms with E-state index in [1.807, 2.05) is 20.9 Å². The quantitative estimate of drug-likeness (QED) is 0.868. The Hall–Kier alpha value is -1.68. The third kappa shape index (κ3) is 3.07. The molecular formula is C15H16ClFN2O. The van der Waals surface area contributed by atoms with Crippen molar-refractivity contribution >= 4 is 17.4 Å². The molecule has 0 amide bonds. The third-order valence-corrected chi connectivity index (χ3v) is 3.71. The van der Waals surface area contributed by atoms with Crippen LogP contribution in [0.3, 0.4) is 0 Å². The van der Waals surface area contributed by atoms with Crippen LogP contribution in [-0.4, -0.2) is 15.6 Å². The fraction of sp³-hybridized carbons (Fsp3) is 0.333. The molecule has 1 heterocycles. The predicted octanol–water partition coefficient (Wildman–Crippen LogP) is 3.18. The smallest absolute Gasteiger partial charge is 0.141 e. The largest absolute Gasteiger partial charge is 0.299 e. The molecule has 0 saturated carbocycles. The minimum absolute atomic E-state index is 0.0454. The highest BCUT2D eigenvalue weighted by Crippen LogP contribution is 2.18. The van der Waals surface area contributed by atoms with Gasteiger partial charge in [0.15, 0.2) is 0 Å². The van der Waals surface area contributed by atoms with Crippen LogP contribution in [0.4, 0.5) is 4.39 Å². The highest BCUT2D eigenvalue weighted by molar-refractivity contribution is 6.30. The molecular weight excluding hydrogens is 279 g/mol. The molecule has 20 heavy (non-hydrogen) atoms. The van der Waals surface area contributed by atoms with E-state index in [9.17, 15) is 9.18 Å².